The molecule has 200 valence electrons. The molecule has 0 aromatic heterocycles. The number of carbonyl (C=O) groups excluding carboxylic acids is 3. The first kappa shape index (κ1) is 28.2. The maximum absolute atomic E-state index is 13.7. The molecule has 0 bridgehead atoms. The van der Waals surface area contributed by atoms with Gasteiger partial charge in [0.25, 0.3) is 5.91 Å². The fourth-order valence-corrected chi connectivity index (χ4v) is 4.93. The summed E-state index contributed by atoms with van der Waals surface area (Å²) in [5.74, 6) is -0.603. The number of carbonyl (C=O) groups is 3. The highest BCUT2D eigenvalue weighted by atomic mass is 16.5. The molecule has 1 heterocycles. The van der Waals surface area contributed by atoms with Crippen LogP contribution in [-0.2, 0) is 25.7 Å². The van der Waals surface area contributed by atoms with Gasteiger partial charge in [0.15, 0.2) is 12.6 Å². The Balaban J connectivity index is 1.82. The number of nitrogens with one attached hydrogen (secondary N) is 1. The molecule has 1 atom stereocenters. The first-order chi connectivity index (χ1) is 17.8. The van der Waals surface area contributed by atoms with Crippen LogP contribution in [0.5, 0.6) is 5.75 Å². The van der Waals surface area contributed by atoms with Crippen LogP contribution in [0, 0.1) is 6.92 Å². The SMILES string of the molecule is CCOC(=O)c1cc(OC)cc(C)c1NC(=O)C(C)[N+]1(CC(=O)OCc2ccccc2)CCCCCC1. The summed E-state index contributed by atoms with van der Waals surface area (Å²) in [6.45, 7) is 7.35. The van der Waals surface area contributed by atoms with Gasteiger partial charge in [-0.3, -0.25) is 4.79 Å². The normalized spacial score (nSPS) is 15.7. The molecule has 37 heavy (non-hydrogen) atoms. The van der Waals surface area contributed by atoms with Crippen molar-refractivity contribution in [3.63, 3.8) is 0 Å². The Hall–Kier alpha value is -3.39. The molecular weight excluding hydrogens is 472 g/mol. The first-order valence-electron chi connectivity index (χ1n) is 13.0. The zero-order chi connectivity index (χ0) is 26.8. The molecule has 8 nitrogen and oxygen atoms in total. The average molecular weight is 512 g/mol. The zero-order valence-corrected chi connectivity index (χ0v) is 22.4. The molecule has 2 aromatic rings. The summed E-state index contributed by atoms with van der Waals surface area (Å²) in [6, 6.07) is 12.4. The van der Waals surface area contributed by atoms with Crippen LogP contribution < -0.4 is 10.1 Å². The van der Waals surface area contributed by atoms with E-state index in [1.54, 1.807) is 19.1 Å². The Morgan fingerprint density at radius 1 is 1.00 bits per heavy atom. The third-order valence-electron chi connectivity index (χ3n) is 7.13. The molecule has 0 saturated carbocycles. The molecule has 8 heteroatoms. The molecule has 1 fully saturated rings. The largest absolute Gasteiger partial charge is 0.497 e. The summed E-state index contributed by atoms with van der Waals surface area (Å²) in [5, 5.41) is 2.98. The van der Waals surface area contributed by atoms with Crippen molar-refractivity contribution < 1.29 is 33.1 Å². The van der Waals surface area contributed by atoms with Crippen molar-refractivity contribution in [2.75, 3.05) is 38.7 Å². The van der Waals surface area contributed by atoms with Gasteiger partial charge in [-0.1, -0.05) is 30.3 Å². The second kappa shape index (κ2) is 13.2. The maximum Gasteiger partial charge on any atom is 0.362 e. The van der Waals surface area contributed by atoms with E-state index in [1.807, 2.05) is 44.2 Å². The number of aryl methyl sites for hydroxylation is 1. The van der Waals surface area contributed by atoms with Crippen molar-refractivity contribution >= 4 is 23.5 Å². The molecule has 2 aromatic carbocycles. The van der Waals surface area contributed by atoms with Gasteiger partial charge in [0, 0.05) is 0 Å². The lowest BCUT2D eigenvalue weighted by atomic mass is 10.1. The molecule has 1 saturated heterocycles. The first-order valence-corrected chi connectivity index (χ1v) is 13.0. The predicted octanol–water partition coefficient (Wildman–Crippen LogP) is 4.64. The highest BCUT2D eigenvalue weighted by Gasteiger charge is 2.41. The van der Waals surface area contributed by atoms with Crippen LogP contribution in [-0.4, -0.2) is 61.7 Å². The van der Waals surface area contributed by atoms with Gasteiger partial charge in [0.1, 0.15) is 12.4 Å². The number of ether oxygens (including phenoxy) is 3. The number of quaternary nitrogens is 1. The van der Waals surface area contributed by atoms with E-state index in [9.17, 15) is 14.4 Å². The molecule has 3 rings (SSSR count). The van der Waals surface area contributed by atoms with Crippen molar-refractivity contribution in [2.24, 2.45) is 0 Å². The summed E-state index contributed by atoms with van der Waals surface area (Å²) >= 11 is 0. The number of hydrogen-bond acceptors (Lipinski definition) is 6. The van der Waals surface area contributed by atoms with E-state index in [4.69, 9.17) is 14.2 Å². The van der Waals surface area contributed by atoms with Crippen LogP contribution in [0.1, 0.15) is 61.0 Å². The molecule has 1 N–H and O–H groups in total. The minimum Gasteiger partial charge on any atom is -0.497 e. The number of esters is 2. The van der Waals surface area contributed by atoms with Crippen LogP contribution in [0.4, 0.5) is 5.69 Å². The summed E-state index contributed by atoms with van der Waals surface area (Å²) in [4.78, 5) is 39.3. The monoisotopic (exact) mass is 511 g/mol. The lowest BCUT2D eigenvalue weighted by Gasteiger charge is -2.41. The number of anilines is 1. The molecule has 1 aliphatic heterocycles. The topological polar surface area (TPSA) is 90.9 Å². The van der Waals surface area contributed by atoms with Crippen molar-refractivity contribution in [1.29, 1.82) is 0 Å². The average Bonchev–Trinajstić information content (AvgIpc) is 3.14. The van der Waals surface area contributed by atoms with Crippen LogP contribution in [0.25, 0.3) is 0 Å². The standard InChI is InChI=1S/C29H38N2O6/c1-5-36-29(34)25-18-24(35-4)17-21(2)27(25)30-28(33)22(3)31(15-11-6-7-12-16-31)19-26(32)37-20-23-13-9-8-10-14-23/h8-10,13-14,17-18,22H,5-7,11-12,15-16,19-20H2,1-4H3/p+1. The van der Waals surface area contributed by atoms with Crippen LogP contribution in [0.15, 0.2) is 42.5 Å². The molecule has 1 amide bonds. The Morgan fingerprint density at radius 2 is 1.68 bits per heavy atom. The third-order valence-corrected chi connectivity index (χ3v) is 7.13. The number of benzene rings is 2. The van der Waals surface area contributed by atoms with Crippen molar-refractivity contribution in [3.05, 3.63) is 59.2 Å². The number of amides is 1. The number of hydrogen-bond donors (Lipinski definition) is 1. The van der Waals surface area contributed by atoms with Gasteiger partial charge >= 0.3 is 11.9 Å². The van der Waals surface area contributed by atoms with E-state index in [0.29, 0.717) is 34.6 Å². The van der Waals surface area contributed by atoms with Gasteiger partial charge in [-0.25, -0.2) is 9.59 Å². The Labute approximate surface area is 219 Å². The second-order valence-electron chi connectivity index (χ2n) is 9.64. The van der Waals surface area contributed by atoms with E-state index in [-0.39, 0.29) is 37.2 Å². The zero-order valence-electron chi connectivity index (χ0n) is 22.4. The van der Waals surface area contributed by atoms with E-state index < -0.39 is 12.0 Å². The van der Waals surface area contributed by atoms with E-state index in [2.05, 4.69) is 5.32 Å². The fraction of sp³-hybridized carbons (Fsp3) is 0.483. The second-order valence-corrected chi connectivity index (χ2v) is 9.64. The van der Waals surface area contributed by atoms with Gasteiger partial charge in [0.05, 0.1) is 38.1 Å². The van der Waals surface area contributed by atoms with E-state index in [1.165, 1.54) is 7.11 Å². The Bertz CT molecular complexity index is 1080. The van der Waals surface area contributed by atoms with Crippen LogP contribution in [0.3, 0.4) is 0 Å². The summed E-state index contributed by atoms with van der Waals surface area (Å²) in [5.41, 5.74) is 2.25. The van der Waals surface area contributed by atoms with Gasteiger partial charge in [-0.05, 0) is 69.7 Å². The van der Waals surface area contributed by atoms with Gasteiger partial charge in [0.2, 0.25) is 0 Å². The van der Waals surface area contributed by atoms with Crippen molar-refractivity contribution in [1.82, 2.24) is 0 Å². The highest BCUT2D eigenvalue weighted by Crippen LogP contribution is 2.29. The summed E-state index contributed by atoms with van der Waals surface area (Å²) in [7, 11) is 1.52. The van der Waals surface area contributed by atoms with Gasteiger partial charge in [-0.2, -0.15) is 0 Å². The van der Waals surface area contributed by atoms with Crippen LogP contribution in [0.2, 0.25) is 0 Å². The Kier molecular flexibility index (Phi) is 10.1. The van der Waals surface area contributed by atoms with E-state index >= 15 is 0 Å². The third kappa shape index (κ3) is 7.32. The number of methoxy groups -OCH3 is 1. The van der Waals surface area contributed by atoms with Crippen molar-refractivity contribution in [2.45, 2.75) is 59.1 Å². The highest BCUT2D eigenvalue weighted by molar-refractivity contribution is 6.03. The fourth-order valence-electron chi connectivity index (χ4n) is 4.93. The number of likely N-dealkylation sites (tertiary alicyclic amines) is 1. The van der Waals surface area contributed by atoms with Crippen LogP contribution >= 0.6 is 0 Å². The van der Waals surface area contributed by atoms with E-state index in [0.717, 1.165) is 31.2 Å². The minimum absolute atomic E-state index is 0.119. The smallest absolute Gasteiger partial charge is 0.362 e. The molecule has 1 unspecified atom stereocenters. The summed E-state index contributed by atoms with van der Waals surface area (Å²) < 4.78 is 16.5. The molecular formula is C29H39N2O6+. The lowest BCUT2D eigenvalue weighted by Crippen LogP contribution is -2.61. The predicted molar refractivity (Wildman–Crippen MR) is 141 cm³/mol. The lowest BCUT2D eigenvalue weighted by molar-refractivity contribution is -0.933. The number of nitrogens with zero attached hydrogens (tertiary/aromatic N) is 1. The maximum atomic E-state index is 13.7. The van der Waals surface area contributed by atoms with Crippen molar-refractivity contribution in [3.8, 4) is 5.75 Å². The molecule has 1 aliphatic rings. The minimum atomic E-state index is -0.532. The number of rotatable bonds is 10. The summed E-state index contributed by atoms with van der Waals surface area (Å²) in [6.07, 6.45) is 3.99. The Morgan fingerprint density at radius 3 is 2.30 bits per heavy atom. The molecule has 0 aliphatic carbocycles. The van der Waals surface area contributed by atoms with Gasteiger partial charge < -0.3 is 24.0 Å². The molecule has 0 radical (unpaired) electrons. The quantitative estimate of drug-likeness (QED) is 0.369. The van der Waals surface area contributed by atoms with Gasteiger partial charge in [-0.15, -0.1) is 0 Å². The molecule has 0 spiro atoms.